The van der Waals surface area contributed by atoms with E-state index in [4.69, 9.17) is 10.00 Å². The van der Waals surface area contributed by atoms with Crippen molar-refractivity contribution in [2.24, 2.45) is 0 Å². The van der Waals surface area contributed by atoms with Crippen LogP contribution in [0.4, 0.5) is 0 Å². The zero-order valence-corrected chi connectivity index (χ0v) is 10.1. The van der Waals surface area contributed by atoms with Crippen molar-refractivity contribution in [3.8, 4) is 17.6 Å². The number of aromatic nitrogens is 1. The molecule has 3 rings (SSSR count). The molecular formula is C16H10N2O. The smallest absolute Gasteiger partial charge is 0.144 e. The minimum absolute atomic E-state index is 0.346. The molecule has 0 saturated carbocycles. The number of hydrogen-bond donors (Lipinski definition) is 0. The van der Waals surface area contributed by atoms with Gasteiger partial charge in [-0.1, -0.05) is 30.3 Å². The Morgan fingerprint density at radius 1 is 0.895 bits per heavy atom. The van der Waals surface area contributed by atoms with Crippen molar-refractivity contribution in [1.29, 1.82) is 5.26 Å². The third kappa shape index (κ3) is 2.38. The van der Waals surface area contributed by atoms with Crippen LogP contribution in [-0.2, 0) is 0 Å². The van der Waals surface area contributed by atoms with E-state index in [1.54, 1.807) is 18.3 Å². The summed E-state index contributed by atoms with van der Waals surface area (Å²) >= 11 is 0. The molecule has 90 valence electrons. The van der Waals surface area contributed by atoms with Crippen LogP contribution in [0.5, 0.6) is 11.5 Å². The van der Waals surface area contributed by atoms with Crippen LogP contribution in [0.15, 0.2) is 60.8 Å². The Bertz CT molecular complexity index is 775. The van der Waals surface area contributed by atoms with Gasteiger partial charge in [-0.3, -0.25) is 0 Å². The lowest BCUT2D eigenvalue weighted by Crippen LogP contribution is -1.87. The Hall–Kier alpha value is -2.86. The Morgan fingerprint density at radius 3 is 2.53 bits per heavy atom. The zero-order valence-electron chi connectivity index (χ0n) is 10.1. The fourth-order valence-corrected chi connectivity index (χ4v) is 1.90. The minimum Gasteiger partial charge on any atom is -0.457 e. The van der Waals surface area contributed by atoms with E-state index in [1.807, 2.05) is 42.5 Å². The Labute approximate surface area is 110 Å². The van der Waals surface area contributed by atoms with Gasteiger partial charge in [0.05, 0.1) is 0 Å². The average molecular weight is 246 g/mol. The van der Waals surface area contributed by atoms with Crippen LogP contribution in [0.25, 0.3) is 10.8 Å². The highest BCUT2D eigenvalue weighted by Gasteiger charge is 2.01. The summed E-state index contributed by atoms with van der Waals surface area (Å²) in [5.74, 6) is 1.36. The summed E-state index contributed by atoms with van der Waals surface area (Å²) in [5.41, 5.74) is 0.346. The third-order valence-corrected chi connectivity index (χ3v) is 2.80. The summed E-state index contributed by atoms with van der Waals surface area (Å²) in [6.07, 6.45) is 1.56. The first kappa shape index (κ1) is 11.2. The Kier molecular flexibility index (Phi) is 2.83. The summed E-state index contributed by atoms with van der Waals surface area (Å²) in [6.45, 7) is 0. The number of benzene rings is 2. The molecule has 0 aliphatic heterocycles. The molecule has 19 heavy (non-hydrogen) atoms. The maximum atomic E-state index is 8.80. The predicted octanol–water partition coefficient (Wildman–Crippen LogP) is 3.90. The second-order valence-corrected chi connectivity index (χ2v) is 4.10. The number of nitriles is 1. The highest BCUT2D eigenvalue weighted by atomic mass is 16.5. The van der Waals surface area contributed by atoms with Crippen LogP contribution in [0.1, 0.15) is 5.69 Å². The van der Waals surface area contributed by atoms with Gasteiger partial charge in [-0.05, 0) is 29.0 Å². The van der Waals surface area contributed by atoms with Crippen molar-refractivity contribution in [1.82, 2.24) is 4.98 Å². The summed E-state index contributed by atoms with van der Waals surface area (Å²) in [5, 5.41) is 11.1. The number of nitrogens with zero attached hydrogens (tertiary/aromatic N) is 2. The van der Waals surface area contributed by atoms with Gasteiger partial charge in [-0.15, -0.1) is 0 Å². The SMILES string of the molecule is N#Cc1cc(Oc2ccc3ccccc3c2)ccn1. The monoisotopic (exact) mass is 246 g/mol. The van der Waals surface area contributed by atoms with Crippen LogP contribution in [0.3, 0.4) is 0 Å². The van der Waals surface area contributed by atoms with Gasteiger partial charge in [0, 0.05) is 12.3 Å². The molecular weight excluding hydrogens is 236 g/mol. The number of hydrogen-bond acceptors (Lipinski definition) is 3. The molecule has 1 heterocycles. The van der Waals surface area contributed by atoms with Crippen molar-refractivity contribution < 1.29 is 4.74 Å². The molecule has 0 fully saturated rings. The summed E-state index contributed by atoms with van der Waals surface area (Å²) in [6, 6.07) is 19.3. The van der Waals surface area contributed by atoms with Crippen LogP contribution in [0, 0.1) is 11.3 Å². The molecule has 0 bridgehead atoms. The van der Waals surface area contributed by atoms with Crippen LogP contribution >= 0.6 is 0 Å². The molecule has 1 aromatic heterocycles. The number of pyridine rings is 1. The normalized spacial score (nSPS) is 10.1. The van der Waals surface area contributed by atoms with Crippen LogP contribution < -0.4 is 4.74 Å². The predicted molar refractivity (Wildman–Crippen MR) is 73.0 cm³/mol. The molecule has 0 radical (unpaired) electrons. The molecule has 0 amide bonds. The van der Waals surface area contributed by atoms with Crippen molar-refractivity contribution in [2.75, 3.05) is 0 Å². The molecule has 0 aliphatic rings. The molecule has 0 spiro atoms. The maximum Gasteiger partial charge on any atom is 0.144 e. The van der Waals surface area contributed by atoms with Crippen LogP contribution in [0.2, 0.25) is 0 Å². The average Bonchev–Trinajstić information content (AvgIpc) is 2.47. The van der Waals surface area contributed by atoms with Gasteiger partial charge >= 0.3 is 0 Å². The van der Waals surface area contributed by atoms with Crippen molar-refractivity contribution in [2.45, 2.75) is 0 Å². The maximum absolute atomic E-state index is 8.80. The minimum atomic E-state index is 0.346. The largest absolute Gasteiger partial charge is 0.457 e. The molecule has 0 N–H and O–H groups in total. The molecule has 3 nitrogen and oxygen atoms in total. The van der Waals surface area contributed by atoms with Gasteiger partial charge in [0.15, 0.2) is 0 Å². The van der Waals surface area contributed by atoms with E-state index in [0.717, 1.165) is 11.1 Å². The van der Waals surface area contributed by atoms with E-state index < -0.39 is 0 Å². The van der Waals surface area contributed by atoms with Gasteiger partial charge < -0.3 is 4.74 Å². The van der Waals surface area contributed by atoms with Gasteiger partial charge in [-0.25, -0.2) is 4.98 Å². The van der Waals surface area contributed by atoms with Gasteiger partial charge in [-0.2, -0.15) is 5.26 Å². The van der Waals surface area contributed by atoms with Crippen molar-refractivity contribution in [3.05, 3.63) is 66.5 Å². The quantitative estimate of drug-likeness (QED) is 0.688. The summed E-state index contributed by atoms with van der Waals surface area (Å²) < 4.78 is 5.74. The van der Waals surface area contributed by atoms with E-state index in [9.17, 15) is 0 Å². The number of rotatable bonds is 2. The Balaban J connectivity index is 1.94. The second kappa shape index (κ2) is 4.79. The fraction of sp³-hybridized carbons (Fsp3) is 0. The highest BCUT2D eigenvalue weighted by molar-refractivity contribution is 5.83. The second-order valence-electron chi connectivity index (χ2n) is 4.10. The van der Waals surface area contributed by atoms with Gasteiger partial charge in [0.2, 0.25) is 0 Å². The first-order valence-corrected chi connectivity index (χ1v) is 5.88. The third-order valence-electron chi connectivity index (χ3n) is 2.80. The van der Waals surface area contributed by atoms with Gasteiger partial charge in [0.25, 0.3) is 0 Å². The van der Waals surface area contributed by atoms with Crippen molar-refractivity contribution in [3.63, 3.8) is 0 Å². The molecule has 3 heteroatoms. The highest BCUT2D eigenvalue weighted by Crippen LogP contribution is 2.25. The van der Waals surface area contributed by atoms with Crippen LogP contribution in [-0.4, -0.2) is 4.98 Å². The number of fused-ring (bicyclic) bond motifs is 1. The first-order valence-electron chi connectivity index (χ1n) is 5.88. The number of ether oxygens (including phenoxy) is 1. The van der Waals surface area contributed by atoms with E-state index >= 15 is 0 Å². The van der Waals surface area contributed by atoms with E-state index in [-0.39, 0.29) is 0 Å². The summed E-state index contributed by atoms with van der Waals surface area (Å²) in [7, 11) is 0. The molecule has 0 saturated heterocycles. The first-order chi connectivity index (χ1) is 9.35. The van der Waals surface area contributed by atoms with E-state index in [0.29, 0.717) is 11.4 Å². The molecule has 0 atom stereocenters. The lowest BCUT2D eigenvalue weighted by atomic mass is 10.1. The molecule has 2 aromatic carbocycles. The molecule has 3 aromatic rings. The summed E-state index contributed by atoms with van der Waals surface area (Å²) in [4.78, 5) is 3.91. The fourth-order valence-electron chi connectivity index (χ4n) is 1.90. The van der Waals surface area contributed by atoms with E-state index in [1.165, 1.54) is 5.39 Å². The van der Waals surface area contributed by atoms with E-state index in [2.05, 4.69) is 11.1 Å². The standard InChI is InChI=1S/C16H10N2O/c17-11-14-10-16(7-8-18-14)19-15-6-5-12-3-1-2-4-13(12)9-15/h1-10H. The molecule has 0 unspecified atom stereocenters. The lowest BCUT2D eigenvalue weighted by Gasteiger charge is -2.06. The topological polar surface area (TPSA) is 45.9 Å². The lowest BCUT2D eigenvalue weighted by molar-refractivity contribution is 0.482. The molecule has 0 aliphatic carbocycles. The van der Waals surface area contributed by atoms with Crippen molar-refractivity contribution >= 4 is 10.8 Å². The van der Waals surface area contributed by atoms with Gasteiger partial charge in [0.1, 0.15) is 23.3 Å². The Morgan fingerprint density at radius 2 is 1.68 bits per heavy atom. The zero-order chi connectivity index (χ0) is 13.1.